The Labute approximate surface area is 85.9 Å². The van der Waals surface area contributed by atoms with E-state index in [9.17, 15) is 18.0 Å². The molecule has 0 aliphatic heterocycles. The topological polar surface area (TPSA) is 17.1 Å². The molecule has 0 radical (unpaired) electrons. The van der Waals surface area contributed by atoms with Gasteiger partial charge in [-0.25, -0.2) is 13.2 Å². The van der Waals surface area contributed by atoms with Crippen LogP contribution in [0.5, 0.6) is 0 Å². The predicted octanol–water partition coefficient (Wildman–Crippen LogP) is 3.53. The summed E-state index contributed by atoms with van der Waals surface area (Å²) in [5.74, 6) is -1.15. The first-order valence-electron chi connectivity index (χ1n) is 4.58. The zero-order chi connectivity index (χ0) is 11.6. The van der Waals surface area contributed by atoms with Gasteiger partial charge in [0.2, 0.25) is 0 Å². The van der Waals surface area contributed by atoms with E-state index in [0.29, 0.717) is 0 Å². The lowest BCUT2D eigenvalue weighted by Crippen LogP contribution is -2.02. The van der Waals surface area contributed by atoms with Crippen molar-refractivity contribution < 1.29 is 18.0 Å². The fourth-order valence-corrected chi connectivity index (χ4v) is 1.43. The number of alkyl halides is 2. The molecule has 0 fully saturated rings. The van der Waals surface area contributed by atoms with Gasteiger partial charge in [-0.05, 0) is 31.0 Å². The minimum atomic E-state index is -2.76. The van der Waals surface area contributed by atoms with Crippen LogP contribution in [0.1, 0.15) is 41.8 Å². The lowest BCUT2D eigenvalue weighted by Gasteiger charge is -2.09. The Morgan fingerprint density at radius 1 is 1.40 bits per heavy atom. The van der Waals surface area contributed by atoms with E-state index in [-0.39, 0.29) is 23.1 Å². The maximum atomic E-state index is 13.3. The van der Waals surface area contributed by atoms with Crippen LogP contribution in [0.3, 0.4) is 0 Å². The zero-order valence-corrected chi connectivity index (χ0v) is 8.48. The van der Waals surface area contributed by atoms with Crippen LogP contribution >= 0.6 is 0 Å². The summed E-state index contributed by atoms with van der Waals surface area (Å²) in [4.78, 5) is 11.0. The molecule has 1 aromatic rings. The third-order valence-corrected chi connectivity index (χ3v) is 2.23. The molecule has 0 atom stereocenters. The van der Waals surface area contributed by atoms with Gasteiger partial charge >= 0.3 is 0 Å². The molecule has 0 bridgehead atoms. The molecule has 0 amide bonds. The van der Waals surface area contributed by atoms with Crippen molar-refractivity contribution in [2.45, 2.75) is 26.7 Å². The van der Waals surface area contributed by atoms with Crippen molar-refractivity contribution in [2.24, 2.45) is 0 Å². The summed E-state index contributed by atoms with van der Waals surface area (Å²) in [7, 11) is 0. The molecule has 0 heterocycles. The van der Waals surface area contributed by atoms with E-state index < -0.39 is 18.0 Å². The van der Waals surface area contributed by atoms with Crippen molar-refractivity contribution in [2.75, 3.05) is 0 Å². The van der Waals surface area contributed by atoms with Gasteiger partial charge in [-0.2, -0.15) is 0 Å². The Morgan fingerprint density at radius 2 is 2.00 bits per heavy atom. The standard InChI is InChI=1S/C11H11F3O/c1-3-8-9(11(13)14)4-7(6(2)15)5-10(8)12/h4-5,11H,3H2,1-2H3. The molecule has 0 aromatic heterocycles. The molecule has 0 unspecified atom stereocenters. The average molecular weight is 216 g/mol. The van der Waals surface area contributed by atoms with Crippen LogP contribution in [0, 0.1) is 5.82 Å². The number of ketones is 1. The Kier molecular flexibility index (Phi) is 3.50. The van der Waals surface area contributed by atoms with Crippen LogP contribution in [-0.2, 0) is 6.42 Å². The highest BCUT2D eigenvalue weighted by molar-refractivity contribution is 5.94. The summed E-state index contributed by atoms with van der Waals surface area (Å²) < 4.78 is 38.5. The molecule has 0 saturated heterocycles. The van der Waals surface area contributed by atoms with Crippen LogP contribution in [0.2, 0.25) is 0 Å². The van der Waals surface area contributed by atoms with Crippen molar-refractivity contribution in [1.82, 2.24) is 0 Å². The van der Waals surface area contributed by atoms with Crippen molar-refractivity contribution >= 4 is 5.78 Å². The molecule has 15 heavy (non-hydrogen) atoms. The van der Waals surface area contributed by atoms with Gasteiger partial charge < -0.3 is 0 Å². The molecular weight excluding hydrogens is 205 g/mol. The van der Waals surface area contributed by atoms with E-state index in [0.717, 1.165) is 12.1 Å². The van der Waals surface area contributed by atoms with Gasteiger partial charge in [0.1, 0.15) is 5.82 Å². The molecule has 0 aliphatic carbocycles. The van der Waals surface area contributed by atoms with E-state index in [2.05, 4.69) is 0 Å². The number of Topliss-reactive ketones (excluding diaryl/α,β-unsaturated/α-hetero) is 1. The van der Waals surface area contributed by atoms with Gasteiger partial charge in [-0.1, -0.05) is 6.92 Å². The van der Waals surface area contributed by atoms with Gasteiger partial charge in [0, 0.05) is 11.1 Å². The molecular formula is C11H11F3O. The smallest absolute Gasteiger partial charge is 0.264 e. The van der Waals surface area contributed by atoms with Crippen molar-refractivity contribution in [1.29, 1.82) is 0 Å². The lowest BCUT2D eigenvalue weighted by molar-refractivity contribution is 0.101. The highest BCUT2D eigenvalue weighted by Crippen LogP contribution is 2.27. The maximum Gasteiger partial charge on any atom is 0.264 e. The average Bonchev–Trinajstić information content (AvgIpc) is 2.16. The second kappa shape index (κ2) is 4.47. The Balaban J connectivity index is 3.38. The summed E-state index contributed by atoms with van der Waals surface area (Å²) in [6.45, 7) is 2.81. The molecule has 0 N–H and O–H groups in total. The van der Waals surface area contributed by atoms with Crippen LogP contribution in [0.25, 0.3) is 0 Å². The highest BCUT2D eigenvalue weighted by atomic mass is 19.3. The van der Waals surface area contributed by atoms with Gasteiger partial charge in [-0.15, -0.1) is 0 Å². The highest BCUT2D eigenvalue weighted by Gasteiger charge is 2.18. The van der Waals surface area contributed by atoms with Gasteiger partial charge in [0.15, 0.2) is 5.78 Å². The number of halogens is 3. The Hall–Kier alpha value is -1.32. The molecule has 0 spiro atoms. The van der Waals surface area contributed by atoms with Crippen molar-refractivity contribution in [3.05, 3.63) is 34.6 Å². The largest absolute Gasteiger partial charge is 0.295 e. The second-order valence-corrected chi connectivity index (χ2v) is 3.24. The minimum absolute atomic E-state index is 0.0139. The first-order valence-corrected chi connectivity index (χ1v) is 4.58. The number of benzene rings is 1. The molecule has 82 valence electrons. The van der Waals surface area contributed by atoms with E-state index >= 15 is 0 Å². The summed E-state index contributed by atoms with van der Waals surface area (Å²) in [6, 6.07) is 2.07. The number of rotatable bonds is 3. The molecule has 4 heteroatoms. The summed E-state index contributed by atoms with van der Waals surface area (Å²) in [5.41, 5.74) is -0.419. The number of carbonyl (C=O) groups is 1. The molecule has 0 saturated carbocycles. The maximum absolute atomic E-state index is 13.3. The zero-order valence-electron chi connectivity index (χ0n) is 8.48. The first-order chi connectivity index (χ1) is 6.97. The monoisotopic (exact) mass is 216 g/mol. The van der Waals surface area contributed by atoms with Crippen molar-refractivity contribution in [3.63, 3.8) is 0 Å². The molecule has 1 nitrogen and oxygen atoms in total. The van der Waals surface area contributed by atoms with Gasteiger partial charge in [-0.3, -0.25) is 4.79 Å². The predicted molar refractivity (Wildman–Crippen MR) is 50.7 cm³/mol. The number of carbonyl (C=O) groups excluding carboxylic acids is 1. The van der Waals surface area contributed by atoms with Crippen LogP contribution in [0.15, 0.2) is 12.1 Å². The fraction of sp³-hybridized carbons (Fsp3) is 0.364. The second-order valence-electron chi connectivity index (χ2n) is 3.24. The summed E-state index contributed by atoms with van der Waals surface area (Å²) in [6.07, 6.45) is -2.57. The normalized spacial score (nSPS) is 10.8. The molecule has 1 rings (SSSR count). The Bertz CT molecular complexity index is 386. The third kappa shape index (κ3) is 2.37. The van der Waals surface area contributed by atoms with Gasteiger partial charge in [0.25, 0.3) is 6.43 Å². The van der Waals surface area contributed by atoms with E-state index in [1.807, 2.05) is 0 Å². The first kappa shape index (κ1) is 11.8. The quantitative estimate of drug-likeness (QED) is 0.706. The van der Waals surface area contributed by atoms with Crippen LogP contribution in [-0.4, -0.2) is 5.78 Å². The van der Waals surface area contributed by atoms with Crippen LogP contribution in [0.4, 0.5) is 13.2 Å². The Morgan fingerprint density at radius 3 is 2.40 bits per heavy atom. The van der Waals surface area contributed by atoms with Crippen LogP contribution < -0.4 is 0 Å². The lowest BCUT2D eigenvalue weighted by atomic mass is 10.00. The molecule has 0 aliphatic rings. The van der Waals surface area contributed by atoms with Crippen molar-refractivity contribution in [3.8, 4) is 0 Å². The fourth-order valence-electron chi connectivity index (χ4n) is 1.43. The van der Waals surface area contributed by atoms with Gasteiger partial charge in [0.05, 0.1) is 0 Å². The van der Waals surface area contributed by atoms with E-state index in [1.165, 1.54) is 6.92 Å². The summed E-state index contributed by atoms with van der Waals surface area (Å²) in [5, 5.41) is 0. The molecule has 1 aromatic carbocycles. The minimum Gasteiger partial charge on any atom is -0.295 e. The number of hydrogen-bond acceptors (Lipinski definition) is 1. The van der Waals surface area contributed by atoms with E-state index in [1.54, 1.807) is 6.92 Å². The van der Waals surface area contributed by atoms with E-state index in [4.69, 9.17) is 0 Å². The summed E-state index contributed by atoms with van der Waals surface area (Å²) >= 11 is 0. The SMILES string of the molecule is CCc1c(F)cc(C(C)=O)cc1C(F)F. The third-order valence-electron chi connectivity index (χ3n) is 2.23. The number of hydrogen-bond donors (Lipinski definition) is 0.